The average Bonchev–Trinajstić information content (AvgIpc) is 2.35. The van der Waals surface area contributed by atoms with Gasteiger partial charge in [-0.2, -0.15) is 0 Å². The van der Waals surface area contributed by atoms with Crippen LogP contribution in [0.2, 0.25) is 0 Å². The van der Waals surface area contributed by atoms with Gasteiger partial charge in [0.15, 0.2) is 0 Å². The highest BCUT2D eigenvalue weighted by molar-refractivity contribution is 5.73. The minimum absolute atomic E-state index is 0.283. The van der Waals surface area contributed by atoms with E-state index in [9.17, 15) is 9.90 Å². The molecular weight excluding hydrogens is 228 g/mol. The maximum absolute atomic E-state index is 11.4. The van der Waals surface area contributed by atoms with Gasteiger partial charge in [0.05, 0.1) is 0 Å². The third-order valence-corrected chi connectivity index (χ3v) is 4.48. The molecule has 2 heterocycles. The molecule has 0 amide bonds. The lowest BCUT2D eigenvalue weighted by Crippen LogP contribution is -2.62. The molecule has 0 aromatic heterocycles. The summed E-state index contributed by atoms with van der Waals surface area (Å²) < 4.78 is 0. The SMILES string of the molecule is CCCC(C(=O)O)N1CC2CCCCN2CC1C. The minimum atomic E-state index is -0.645. The Balaban J connectivity index is 2.05. The van der Waals surface area contributed by atoms with Gasteiger partial charge in [-0.05, 0) is 32.7 Å². The van der Waals surface area contributed by atoms with E-state index in [-0.39, 0.29) is 6.04 Å². The van der Waals surface area contributed by atoms with Crippen molar-refractivity contribution in [2.24, 2.45) is 0 Å². The van der Waals surface area contributed by atoms with Gasteiger partial charge in [-0.25, -0.2) is 0 Å². The zero-order chi connectivity index (χ0) is 13.1. The first-order valence-corrected chi connectivity index (χ1v) is 7.36. The van der Waals surface area contributed by atoms with Gasteiger partial charge in [0.25, 0.3) is 0 Å². The topological polar surface area (TPSA) is 43.8 Å². The maximum Gasteiger partial charge on any atom is 0.320 e. The van der Waals surface area contributed by atoms with E-state index in [4.69, 9.17) is 0 Å². The second-order valence-electron chi connectivity index (χ2n) is 5.83. The summed E-state index contributed by atoms with van der Waals surface area (Å²) in [6.07, 6.45) is 5.55. The third-order valence-electron chi connectivity index (χ3n) is 4.48. The van der Waals surface area contributed by atoms with Crippen LogP contribution >= 0.6 is 0 Å². The first kappa shape index (κ1) is 13.8. The summed E-state index contributed by atoms with van der Waals surface area (Å²) in [7, 11) is 0. The fourth-order valence-corrected chi connectivity index (χ4v) is 3.51. The fourth-order valence-electron chi connectivity index (χ4n) is 3.51. The molecule has 0 aromatic rings. The van der Waals surface area contributed by atoms with Crippen LogP contribution in [0.1, 0.15) is 46.0 Å². The third kappa shape index (κ3) is 2.86. The first-order valence-electron chi connectivity index (χ1n) is 7.36. The van der Waals surface area contributed by atoms with E-state index in [2.05, 4.69) is 23.6 Å². The smallest absolute Gasteiger partial charge is 0.320 e. The number of piperazine rings is 1. The van der Waals surface area contributed by atoms with E-state index < -0.39 is 5.97 Å². The lowest BCUT2D eigenvalue weighted by atomic mass is 9.95. The van der Waals surface area contributed by atoms with Crippen molar-refractivity contribution in [2.45, 2.75) is 64.1 Å². The molecule has 4 nitrogen and oxygen atoms in total. The largest absolute Gasteiger partial charge is 0.480 e. The van der Waals surface area contributed by atoms with Crippen LogP contribution in [0.3, 0.4) is 0 Å². The predicted octanol–water partition coefficient (Wildman–Crippen LogP) is 1.80. The molecule has 0 radical (unpaired) electrons. The van der Waals surface area contributed by atoms with E-state index in [0.717, 1.165) is 25.9 Å². The molecule has 2 saturated heterocycles. The highest BCUT2D eigenvalue weighted by Gasteiger charge is 2.38. The van der Waals surface area contributed by atoms with Crippen LogP contribution in [0, 0.1) is 0 Å². The minimum Gasteiger partial charge on any atom is -0.480 e. The quantitative estimate of drug-likeness (QED) is 0.831. The number of hydrogen-bond acceptors (Lipinski definition) is 3. The van der Waals surface area contributed by atoms with Crippen molar-refractivity contribution in [3.8, 4) is 0 Å². The number of carboxylic acids is 1. The van der Waals surface area contributed by atoms with Crippen LogP contribution in [0.15, 0.2) is 0 Å². The molecule has 3 atom stereocenters. The monoisotopic (exact) mass is 254 g/mol. The van der Waals surface area contributed by atoms with E-state index in [1.807, 2.05) is 0 Å². The number of carbonyl (C=O) groups is 1. The molecule has 1 N–H and O–H groups in total. The Labute approximate surface area is 110 Å². The van der Waals surface area contributed by atoms with Gasteiger partial charge in [-0.1, -0.05) is 19.8 Å². The molecule has 0 aromatic carbocycles. The van der Waals surface area contributed by atoms with Gasteiger partial charge in [0, 0.05) is 25.2 Å². The van der Waals surface area contributed by atoms with Gasteiger partial charge < -0.3 is 5.11 Å². The van der Waals surface area contributed by atoms with Gasteiger partial charge in [-0.3, -0.25) is 14.6 Å². The van der Waals surface area contributed by atoms with Crippen molar-refractivity contribution in [3.05, 3.63) is 0 Å². The summed E-state index contributed by atoms with van der Waals surface area (Å²) in [5.41, 5.74) is 0. The number of piperidine rings is 1. The average molecular weight is 254 g/mol. The Morgan fingerprint density at radius 2 is 2.17 bits per heavy atom. The molecule has 4 heteroatoms. The molecule has 2 rings (SSSR count). The number of nitrogens with zero attached hydrogens (tertiary/aromatic N) is 2. The summed E-state index contributed by atoms with van der Waals surface area (Å²) in [4.78, 5) is 16.2. The Kier molecular flexibility index (Phi) is 4.62. The van der Waals surface area contributed by atoms with Crippen molar-refractivity contribution in [1.82, 2.24) is 9.80 Å². The number of carboxylic acid groups (broad SMARTS) is 1. The van der Waals surface area contributed by atoms with Crippen molar-refractivity contribution >= 4 is 5.97 Å². The standard InChI is InChI=1S/C14H26N2O2/c1-3-6-13(14(17)18)16-10-12-7-4-5-8-15(12)9-11(16)2/h11-13H,3-10H2,1-2H3,(H,17,18). The Bertz CT molecular complexity index is 296. The summed E-state index contributed by atoms with van der Waals surface area (Å²) in [6.45, 7) is 7.43. The number of hydrogen-bond donors (Lipinski definition) is 1. The number of rotatable bonds is 4. The van der Waals surface area contributed by atoms with E-state index in [1.165, 1.54) is 25.8 Å². The van der Waals surface area contributed by atoms with Crippen LogP contribution in [0.4, 0.5) is 0 Å². The van der Waals surface area contributed by atoms with Crippen LogP contribution in [-0.4, -0.2) is 58.6 Å². The predicted molar refractivity (Wildman–Crippen MR) is 71.7 cm³/mol. The van der Waals surface area contributed by atoms with Gasteiger partial charge >= 0.3 is 5.97 Å². The molecule has 0 spiro atoms. The summed E-state index contributed by atoms with van der Waals surface area (Å²) in [5.74, 6) is -0.645. The normalized spacial score (nSPS) is 31.9. The van der Waals surface area contributed by atoms with Crippen molar-refractivity contribution in [3.63, 3.8) is 0 Å². The summed E-state index contributed by atoms with van der Waals surface area (Å²) in [5, 5.41) is 9.42. The Morgan fingerprint density at radius 3 is 2.83 bits per heavy atom. The summed E-state index contributed by atoms with van der Waals surface area (Å²) in [6, 6.07) is 0.676. The molecule has 104 valence electrons. The van der Waals surface area contributed by atoms with Gasteiger partial charge in [-0.15, -0.1) is 0 Å². The van der Waals surface area contributed by atoms with Crippen molar-refractivity contribution < 1.29 is 9.90 Å². The molecule has 2 aliphatic heterocycles. The lowest BCUT2D eigenvalue weighted by Gasteiger charge is -2.49. The fraction of sp³-hybridized carbons (Fsp3) is 0.929. The van der Waals surface area contributed by atoms with Crippen LogP contribution in [0.25, 0.3) is 0 Å². The van der Waals surface area contributed by atoms with Crippen molar-refractivity contribution in [2.75, 3.05) is 19.6 Å². The first-order chi connectivity index (χ1) is 8.63. The number of aliphatic carboxylic acids is 1. The highest BCUT2D eigenvalue weighted by atomic mass is 16.4. The van der Waals surface area contributed by atoms with Crippen LogP contribution in [0.5, 0.6) is 0 Å². The second-order valence-corrected chi connectivity index (χ2v) is 5.83. The summed E-state index contributed by atoms with van der Waals surface area (Å²) >= 11 is 0. The van der Waals surface area contributed by atoms with Gasteiger partial charge in [0.2, 0.25) is 0 Å². The van der Waals surface area contributed by atoms with E-state index in [0.29, 0.717) is 12.1 Å². The molecule has 0 saturated carbocycles. The zero-order valence-corrected chi connectivity index (χ0v) is 11.6. The molecule has 3 unspecified atom stereocenters. The van der Waals surface area contributed by atoms with E-state index >= 15 is 0 Å². The van der Waals surface area contributed by atoms with Crippen molar-refractivity contribution in [1.29, 1.82) is 0 Å². The lowest BCUT2D eigenvalue weighted by molar-refractivity contribution is -0.147. The zero-order valence-electron chi connectivity index (χ0n) is 11.6. The molecule has 0 bridgehead atoms. The molecule has 0 aliphatic carbocycles. The highest BCUT2D eigenvalue weighted by Crippen LogP contribution is 2.26. The Hall–Kier alpha value is -0.610. The van der Waals surface area contributed by atoms with E-state index in [1.54, 1.807) is 0 Å². The van der Waals surface area contributed by atoms with Crippen LogP contribution < -0.4 is 0 Å². The van der Waals surface area contributed by atoms with Gasteiger partial charge in [0.1, 0.15) is 6.04 Å². The van der Waals surface area contributed by atoms with Crippen LogP contribution in [-0.2, 0) is 4.79 Å². The molecule has 18 heavy (non-hydrogen) atoms. The molecule has 2 fully saturated rings. The number of fused-ring (bicyclic) bond motifs is 1. The Morgan fingerprint density at radius 1 is 1.39 bits per heavy atom. The second kappa shape index (κ2) is 6.02. The molecule has 2 aliphatic rings. The molecular formula is C14H26N2O2. The maximum atomic E-state index is 11.4.